The van der Waals surface area contributed by atoms with Crippen molar-refractivity contribution in [2.75, 3.05) is 41.4 Å². The molecule has 0 aromatic rings. The summed E-state index contributed by atoms with van der Waals surface area (Å²) in [4.78, 5) is 9.91. The van der Waals surface area contributed by atoms with Crippen LogP contribution in [0.5, 0.6) is 0 Å². The molecule has 1 rings (SSSR count). The van der Waals surface area contributed by atoms with E-state index < -0.39 is 13.6 Å². The van der Waals surface area contributed by atoms with Crippen LogP contribution in [0.2, 0.25) is 0 Å². The molecule has 6 nitrogen and oxygen atoms in total. The number of rotatable bonds is 8. The monoisotopic (exact) mass is 322 g/mol. The molecule has 0 fully saturated rings. The molecule has 124 valence electrons. The van der Waals surface area contributed by atoms with Gasteiger partial charge in [0.1, 0.15) is 13.2 Å². The average Bonchev–Trinajstić information content (AvgIpc) is 2.37. The SMILES string of the molecule is COC(C)(OP(=O)(O)OCC[N+](C)(C)C)C1CC=CCC1. The van der Waals surface area contributed by atoms with Crippen molar-refractivity contribution in [3.05, 3.63) is 12.2 Å². The maximum absolute atomic E-state index is 12.1. The van der Waals surface area contributed by atoms with Gasteiger partial charge in [-0.2, -0.15) is 0 Å². The van der Waals surface area contributed by atoms with Crippen molar-refractivity contribution in [1.29, 1.82) is 0 Å². The minimum Gasteiger partial charge on any atom is -0.353 e. The lowest BCUT2D eigenvalue weighted by Crippen LogP contribution is -2.40. The number of quaternary nitrogens is 1. The van der Waals surface area contributed by atoms with Crippen molar-refractivity contribution in [3.8, 4) is 0 Å². The van der Waals surface area contributed by atoms with Crippen molar-refractivity contribution in [2.45, 2.75) is 32.0 Å². The Hall–Kier alpha value is -0.230. The molecule has 0 saturated heterocycles. The summed E-state index contributed by atoms with van der Waals surface area (Å²) in [5.74, 6) is -1.08. The molecule has 0 aromatic heterocycles. The highest BCUT2D eigenvalue weighted by atomic mass is 31.2. The van der Waals surface area contributed by atoms with Crippen LogP contribution in [0.25, 0.3) is 0 Å². The summed E-state index contributed by atoms with van der Waals surface area (Å²) in [5, 5.41) is 0. The molecule has 1 aliphatic rings. The van der Waals surface area contributed by atoms with Crippen LogP contribution in [0.15, 0.2) is 12.2 Å². The van der Waals surface area contributed by atoms with E-state index in [1.165, 1.54) is 7.11 Å². The lowest BCUT2D eigenvalue weighted by Gasteiger charge is -2.37. The van der Waals surface area contributed by atoms with Crippen molar-refractivity contribution < 1.29 is 27.7 Å². The topological polar surface area (TPSA) is 65.0 Å². The fourth-order valence-corrected chi connectivity index (χ4v) is 3.28. The number of phosphoric acid groups is 1. The predicted octanol–water partition coefficient (Wildman–Crippen LogP) is 2.55. The van der Waals surface area contributed by atoms with E-state index in [4.69, 9.17) is 13.8 Å². The molecule has 0 bridgehead atoms. The Bertz CT molecular complexity index is 407. The molecule has 0 aromatic carbocycles. The zero-order valence-corrected chi connectivity index (χ0v) is 14.6. The highest BCUT2D eigenvalue weighted by Crippen LogP contribution is 2.50. The van der Waals surface area contributed by atoms with Crippen LogP contribution in [-0.2, 0) is 18.3 Å². The van der Waals surface area contributed by atoms with Gasteiger partial charge in [0.15, 0.2) is 5.79 Å². The number of phosphoric ester groups is 1. The van der Waals surface area contributed by atoms with Gasteiger partial charge in [0, 0.05) is 13.0 Å². The Balaban J connectivity index is 2.61. The first kappa shape index (κ1) is 18.8. The second-order valence-electron chi connectivity index (χ2n) is 6.61. The van der Waals surface area contributed by atoms with E-state index in [0.29, 0.717) is 11.0 Å². The third-order valence-electron chi connectivity index (χ3n) is 3.73. The standard InChI is InChI=1S/C14H28NO5P/c1-14(18-5,13-9-7-6-8-10-13)20-21(16,17)19-12-11-15(2,3)4/h6-7,13H,8-12H2,1-5H3/p+1. The number of nitrogens with zero attached hydrogens (tertiary/aromatic N) is 1. The third kappa shape index (κ3) is 6.59. The first-order valence-electron chi connectivity index (χ1n) is 7.27. The first-order chi connectivity index (χ1) is 9.58. The summed E-state index contributed by atoms with van der Waals surface area (Å²) in [7, 11) is 3.31. The number of likely N-dealkylation sites (N-methyl/N-ethyl adjacent to an activating group) is 1. The highest BCUT2D eigenvalue weighted by Gasteiger charge is 2.42. The fourth-order valence-electron chi connectivity index (χ4n) is 2.23. The van der Waals surface area contributed by atoms with Crippen LogP contribution in [0.3, 0.4) is 0 Å². The third-order valence-corrected chi connectivity index (χ3v) is 4.83. The highest BCUT2D eigenvalue weighted by molar-refractivity contribution is 7.47. The molecule has 0 aliphatic heterocycles. The molecule has 1 aliphatic carbocycles. The first-order valence-corrected chi connectivity index (χ1v) is 8.76. The van der Waals surface area contributed by atoms with Gasteiger partial charge in [0.2, 0.25) is 0 Å². The lowest BCUT2D eigenvalue weighted by molar-refractivity contribution is -0.870. The minimum absolute atomic E-state index is 0.0370. The molecule has 7 heteroatoms. The molecular formula is C14H29NO5P+. The van der Waals surface area contributed by atoms with Gasteiger partial charge in [-0.05, 0) is 26.2 Å². The van der Waals surface area contributed by atoms with E-state index in [2.05, 4.69) is 12.2 Å². The molecular weight excluding hydrogens is 293 g/mol. The molecule has 1 N–H and O–H groups in total. The lowest BCUT2D eigenvalue weighted by atomic mass is 9.88. The fraction of sp³-hybridized carbons (Fsp3) is 0.857. The quantitative estimate of drug-likeness (QED) is 0.322. The summed E-state index contributed by atoms with van der Waals surface area (Å²) in [6.07, 6.45) is 6.70. The molecule has 0 saturated carbocycles. The number of ether oxygens (including phenoxy) is 1. The molecule has 3 atom stereocenters. The van der Waals surface area contributed by atoms with Crippen LogP contribution in [0.4, 0.5) is 0 Å². The van der Waals surface area contributed by atoms with Crippen molar-refractivity contribution >= 4 is 7.82 Å². The Kier molecular flexibility index (Phi) is 6.59. The normalized spacial score (nSPS) is 25.3. The molecule has 0 amide bonds. The Morgan fingerprint density at radius 3 is 2.52 bits per heavy atom. The van der Waals surface area contributed by atoms with Crippen LogP contribution >= 0.6 is 7.82 Å². The van der Waals surface area contributed by atoms with Crippen LogP contribution < -0.4 is 0 Å². The van der Waals surface area contributed by atoms with E-state index in [1.54, 1.807) is 6.92 Å². The Morgan fingerprint density at radius 2 is 2.05 bits per heavy atom. The summed E-state index contributed by atoms with van der Waals surface area (Å²) in [6.45, 7) is 2.47. The zero-order valence-electron chi connectivity index (χ0n) is 13.7. The van der Waals surface area contributed by atoms with Crippen LogP contribution in [0.1, 0.15) is 26.2 Å². The minimum atomic E-state index is -4.14. The van der Waals surface area contributed by atoms with Gasteiger partial charge in [-0.1, -0.05) is 12.2 Å². The number of methoxy groups -OCH3 is 1. The molecule has 0 heterocycles. The number of hydrogen-bond acceptors (Lipinski definition) is 4. The van der Waals surface area contributed by atoms with Crippen molar-refractivity contribution in [2.24, 2.45) is 5.92 Å². The Morgan fingerprint density at radius 1 is 1.38 bits per heavy atom. The van der Waals surface area contributed by atoms with Gasteiger partial charge in [-0.25, -0.2) is 4.57 Å². The Labute approximate surface area is 127 Å². The molecule has 3 unspecified atom stereocenters. The summed E-state index contributed by atoms with van der Waals surface area (Å²) in [5.41, 5.74) is 0. The summed E-state index contributed by atoms with van der Waals surface area (Å²) >= 11 is 0. The molecule has 0 radical (unpaired) electrons. The van der Waals surface area contributed by atoms with Gasteiger partial charge in [0.05, 0.1) is 21.1 Å². The van der Waals surface area contributed by atoms with E-state index in [9.17, 15) is 9.46 Å². The molecule has 21 heavy (non-hydrogen) atoms. The maximum atomic E-state index is 12.1. The summed E-state index contributed by atoms with van der Waals surface area (Å²) in [6, 6.07) is 0. The van der Waals surface area contributed by atoms with E-state index >= 15 is 0 Å². The van der Waals surface area contributed by atoms with Crippen LogP contribution in [-0.4, -0.2) is 56.6 Å². The summed E-state index contributed by atoms with van der Waals surface area (Å²) < 4.78 is 28.6. The zero-order chi connectivity index (χ0) is 16.1. The number of hydrogen-bond donors (Lipinski definition) is 1. The smallest absolute Gasteiger partial charge is 0.353 e. The average molecular weight is 322 g/mol. The van der Waals surface area contributed by atoms with Gasteiger partial charge in [-0.15, -0.1) is 0 Å². The van der Waals surface area contributed by atoms with Gasteiger partial charge >= 0.3 is 7.82 Å². The van der Waals surface area contributed by atoms with Gasteiger partial charge < -0.3 is 14.1 Å². The maximum Gasteiger partial charge on any atom is 0.474 e. The predicted molar refractivity (Wildman–Crippen MR) is 81.7 cm³/mol. The second kappa shape index (κ2) is 7.36. The van der Waals surface area contributed by atoms with E-state index in [-0.39, 0.29) is 12.5 Å². The van der Waals surface area contributed by atoms with Gasteiger partial charge in [0.25, 0.3) is 0 Å². The van der Waals surface area contributed by atoms with E-state index in [1.807, 2.05) is 21.1 Å². The largest absolute Gasteiger partial charge is 0.474 e. The van der Waals surface area contributed by atoms with Crippen molar-refractivity contribution in [3.63, 3.8) is 0 Å². The van der Waals surface area contributed by atoms with Crippen molar-refractivity contribution in [1.82, 2.24) is 0 Å². The second-order valence-corrected chi connectivity index (χ2v) is 7.99. The van der Waals surface area contributed by atoms with E-state index in [0.717, 1.165) is 19.3 Å². The van der Waals surface area contributed by atoms with Crippen LogP contribution in [0, 0.1) is 5.92 Å². The number of allylic oxidation sites excluding steroid dienone is 2. The van der Waals surface area contributed by atoms with Gasteiger partial charge in [-0.3, -0.25) is 9.05 Å². The molecule has 0 spiro atoms.